The first kappa shape index (κ1) is 71.8. The lowest BCUT2D eigenvalue weighted by Gasteiger charge is -2.46. The normalized spacial score (nSPS) is 23.8. The van der Waals surface area contributed by atoms with Crippen molar-refractivity contribution in [1.29, 1.82) is 0 Å². The molecule has 19 N–H and O–H groups in total. The predicted octanol–water partition coefficient (Wildman–Crippen LogP) is -0.795. The fraction of sp³-hybridized carbons (Fsp3) is 0.920. The zero-order chi connectivity index (χ0) is 57.2. The van der Waals surface area contributed by atoms with Gasteiger partial charge in [-0.1, -0.05) is 104 Å². The van der Waals surface area contributed by atoms with Crippen molar-refractivity contribution in [2.75, 3.05) is 59.5 Å². The van der Waals surface area contributed by atoms with Gasteiger partial charge in [0.05, 0.1) is 25.9 Å². The van der Waals surface area contributed by atoms with Crippen LogP contribution < -0.4 is 0 Å². The second-order valence-corrected chi connectivity index (χ2v) is 19.2. The van der Waals surface area contributed by atoms with Crippen LogP contribution in [0.25, 0.3) is 0 Å². The maximum Gasteiger partial charge on any atom is 0.219 e. The molecule has 0 saturated carbocycles. The molecule has 26 heteroatoms. The SMILES string of the molecule is CCCCCCCCCCO[C@H]([C@@H](OCCCCCCCCCC)[C@H](CO[C@H](O)/C(O)=C(\O)[C@H](O)CCO)O[C@]1(O)COC(CO)[C@@H](O)C1O)[C@H](CO[C@H](O)C(O)C(O)[C@H](O)CCO)O[C@H](O)/C(O)=C(/O)[C@H](O)CCO. The van der Waals surface area contributed by atoms with Crippen molar-refractivity contribution in [3.05, 3.63) is 23.0 Å². The van der Waals surface area contributed by atoms with E-state index in [2.05, 4.69) is 13.8 Å². The number of ether oxygens (including phenoxy) is 7. The smallest absolute Gasteiger partial charge is 0.219 e. The molecule has 0 aromatic heterocycles. The molecule has 0 bridgehead atoms. The Balaban J connectivity index is 4.22. The molecule has 26 nitrogen and oxygen atoms in total. The second-order valence-electron chi connectivity index (χ2n) is 19.2. The molecule has 1 aliphatic rings. The Bertz CT molecular complexity index is 1510. The van der Waals surface area contributed by atoms with E-state index in [0.717, 1.165) is 77.0 Å². The number of rotatable bonds is 47. The molecule has 76 heavy (non-hydrogen) atoms. The summed E-state index contributed by atoms with van der Waals surface area (Å²) in [5.74, 6) is -8.18. The van der Waals surface area contributed by atoms with Gasteiger partial charge in [0.15, 0.2) is 29.3 Å². The summed E-state index contributed by atoms with van der Waals surface area (Å²) in [5.41, 5.74) is 0. The molecule has 1 fully saturated rings. The average molecular weight is 1110 g/mol. The molecule has 0 radical (unpaired) electrons. The molecule has 0 aromatic rings. The van der Waals surface area contributed by atoms with Gasteiger partial charge in [0.1, 0.15) is 73.8 Å². The van der Waals surface area contributed by atoms with Crippen molar-refractivity contribution in [2.45, 2.75) is 234 Å². The highest BCUT2D eigenvalue weighted by Crippen LogP contribution is 2.32. The first-order chi connectivity index (χ1) is 36.2. The van der Waals surface area contributed by atoms with Crippen LogP contribution in [0.1, 0.15) is 136 Å². The average Bonchev–Trinajstić information content (AvgIpc) is 3.40. The third kappa shape index (κ3) is 25.9. The van der Waals surface area contributed by atoms with Gasteiger partial charge in [-0.15, -0.1) is 0 Å². The molecule has 0 spiro atoms. The van der Waals surface area contributed by atoms with Gasteiger partial charge >= 0.3 is 0 Å². The fourth-order valence-corrected chi connectivity index (χ4v) is 8.15. The van der Waals surface area contributed by atoms with Crippen LogP contribution in [-0.4, -0.2) is 254 Å². The first-order valence-electron chi connectivity index (χ1n) is 26.8. The highest BCUT2D eigenvalue weighted by molar-refractivity contribution is 5.07. The van der Waals surface area contributed by atoms with Crippen molar-refractivity contribution in [2.24, 2.45) is 0 Å². The Morgan fingerprint density at radius 3 is 1.42 bits per heavy atom. The van der Waals surface area contributed by atoms with E-state index >= 15 is 0 Å². The molecule has 0 amide bonds. The summed E-state index contributed by atoms with van der Waals surface area (Å²) in [7, 11) is 0. The standard InChI is InChI=1S/C50H96O26/c1-3-5-7-9-11-13-15-17-25-70-44(35(75-49(68)43(64)39(60)33(57)21-24-53)28-72-47(66)41(62)37(58)31(55)19-22-51)45(71-26-18-16-14-12-10-8-6-4-2)36(29-73-48(67)42(63)38(59)32(56)20-23-52)76-50(69)30-74-34(27-54)40(61)46(50)65/h31-37,40-41,44-49,51-69H,3-30H2,1-2H3/b42-38+,43-39-/t31-,32-,33-,34?,35+,36+,37?,40-,41?,44+,45+,46?,47+,48+,49+,50-/m1/s1. The van der Waals surface area contributed by atoms with E-state index in [1.165, 1.54) is 0 Å². The largest absolute Gasteiger partial charge is 0.506 e. The van der Waals surface area contributed by atoms with Crippen molar-refractivity contribution in [3.63, 3.8) is 0 Å². The predicted molar refractivity (Wildman–Crippen MR) is 268 cm³/mol. The van der Waals surface area contributed by atoms with E-state index in [0.29, 0.717) is 25.7 Å². The van der Waals surface area contributed by atoms with E-state index in [1.807, 2.05) is 0 Å². The van der Waals surface area contributed by atoms with Crippen LogP contribution in [0.2, 0.25) is 0 Å². The first-order valence-corrected chi connectivity index (χ1v) is 26.8. The van der Waals surface area contributed by atoms with Gasteiger partial charge < -0.3 is 130 Å². The zero-order valence-corrected chi connectivity index (χ0v) is 44.3. The van der Waals surface area contributed by atoms with E-state index in [1.54, 1.807) is 0 Å². The Morgan fingerprint density at radius 1 is 0.526 bits per heavy atom. The van der Waals surface area contributed by atoms with Gasteiger partial charge in [0, 0.05) is 45.9 Å². The molecular formula is C50H96O26. The van der Waals surface area contributed by atoms with Crippen molar-refractivity contribution in [1.82, 2.24) is 0 Å². The fourth-order valence-electron chi connectivity index (χ4n) is 8.15. The third-order valence-corrected chi connectivity index (χ3v) is 12.9. The number of hydrogen-bond donors (Lipinski definition) is 19. The maximum absolute atomic E-state index is 12.0. The van der Waals surface area contributed by atoms with Gasteiger partial charge in [-0.25, -0.2) is 0 Å². The van der Waals surface area contributed by atoms with E-state index in [-0.39, 0.29) is 13.2 Å². The molecule has 452 valence electrons. The number of hydrogen-bond acceptors (Lipinski definition) is 26. The van der Waals surface area contributed by atoms with Crippen LogP contribution >= 0.6 is 0 Å². The number of aliphatic hydroxyl groups excluding tert-OH is 18. The molecule has 16 atom stereocenters. The highest BCUT2D eigenvalue weighted by Gasteiger charge is 2.53. The summed E-state index contributed by atoms with van der Waals surface area (Å²) in [6, 6.07) is 0. The molecular weight excluding hydrogens is 1020 g/mol. The Hall–Kier alpha value is -2.20. The summed E-state index contributed by atoms with van der Waals surface area (Å²) in [6.45, 7) is -2.12. The Morgan fingerprint density at radius 2 is 0.961 bits per heavy atom. The second kappa shape index (κ2) is 40.9. The van der Waals surface area contributed by atoms with Gasteiger partial charge in [0.25, 0.3) is 0 Å². The van der Waals surface area contributed by atoms with Crippen LogP contribution in [0.4, 0.5) is 0 Å². The maximum atomic E-state index is 12.0. The molecule has 1 rings (SSSR count). The molecule has 1 saturated heterocycles. The lowest BCUT2D eigenvalue weighted by atomic mass is 9.96. The van der Waals surface area contributed by atoms with Gasteiger partial charge in [0.2, 0.25) is 18.4 Å². The van der Waals surface area contributed by atoms with Crippen molar-refractivity contribution >= 4 is 0 Å². The molecule has 1 heterocycles. The van der Waals surface area contributed by atoms with Crippen LogP contribution in [0.5, 0.6) is 0 Å². The minimum absolute atomic E-state index is 0.197. The summed E-state index contributed by atoms with van der Waals surface area (Å²) in [5, 5.41) is 200. The number of aliphatic hydroxyl groups is 19. The van der Waals surface area contributed by atoms with Crippen LogP contribution in [0.15, 0.2) is 23.0 Å². The Labute approximate surface area is 445 Å². The van der Waals surface area contributed by atoms with Gasteiger partial charge in [-0.05, 0) is 19.3 Å². The van der Waals surface area contributed by atoms with Gasteiger partial charge in [-0.2, -0.15) is 0 Å². The molecule has 0 aromatic carbocycles. The van der Waals surface area contributed by atoms with Crippen LogP contribution in [-0.2, 0) is 33.2 Å². The zero-order valence-electron chi connectivity index (χ0n) is 44.3. The van der Waals surface area contributed by atoms with E-state index in [9.17, 15) is 97.0 Å². The molecule has 4 unspecified atom stereocenters. The summed E-state index contributed by atoms with van der Waals surface area (Å²) < 4.78 is 41.4. The molecule has 0 aliphatic carbocycles. The van der Waals surface area contributed by atoms with Crippen molar-refractivity contribution < 1.29 is 130 Å². The van der Waals surface area contributed by atoms with Crippen LogP contribution in [0, 0.1) is 0 Å². The number of unbranched alkanes of at least 4 members (excludes halogenated alkanes) is 14. The highest BCUT2D eigenvalue weighted by atomic mass is 16.7. The van der Waals surface area contributed by atoms with Crippen molar-refractivity contribution in [3.8, 4) is 0 Å². The quantitative estimate of drug-likeness (QED) is 0.0202. The monoisotopic (exact) mass is 1110 g/mol. The van der Waals surface area contributed by atoms with E-state index in [4.69, 9.17) is 33.2 Å². The Kier molecular flexibility index (Phi) is 38.6. The summed E-state index contributed by atoms with van der Waals surface area (Å²) >= 11 is 0. The minimum Gasteiger partial charge on any atom is -0.506 e. The lowest BCUT2D eigenvalue weighted by Crippen LogP contribution is -2.66. The van der Waals surface area contributed by atoms with Gasteiger partial charge in [-0.3, -0.25) is 0 Å². The third-order valence-electron chi connectivity index (χ3n) is 12.9. The summed E-state index contributed by atoms with van der Waals surface area (Å²) in [4.78, 5) is 0. The minimum atomic E-state index is -2.96. The summed E-state index contributed by atoms with van der Waals surface area (Å²) in [6.07, 6.45) is -19.1. The van der Waals surface area contributed by atoms with E-state index < -0.39 is 186 Å². The topological polar surface area (TPSA) is 449 Å². The molecule has 1 aliphatic heterocycles. The lowest BCUT2D eigenvalue weighted by molar-refractivity contribution is -0.365. The van der Waals surface area contributed by atoms with Crippen LogP contribution in [0.3, 0.4) is 0 Å².